The van der Waals surface area contributed by atoms with E-state index in [1.807, 2.05) is 25.2 Å². The van der Waals surface area contributed by atoms with E-state index in [0.29, 0.717) is 6.04 Å². The van der Waals surface area contributed by atoms with Gasteiger partial charge in [-0.1, -0.05) is 11.6 Å². The molecule has 1 aliphatic rings. The predicted octanol–water partition coefficient (Wildman–Crippen LogP) is 2.03. The molecule has 0 aromatic heterocycles. The Morgan fingerprint density at radius 2 is 2.42 bits per heavy atom. The molecule has 0 fully saturated rings. The van der Waals surface area contributed by atoms with Crippen molar-refractivity contribution in [1.82, 2.24) is 5.32 Å². The Morgan fingerprint density at radius 1 is 1.58 bits per heavy atom. The Balaban J connectivity index is 2.42. The Kier molecular flexibility index (Phi) is 1.95. The van der Waals surface area contributed by atoms with Crippen molar-refractivity contribution < 1.29 is 0 Å². The molecule has 3 heteroatoms. The number of hydrogen-bond donors (Lipinski definition) is 2. The molecule has 0 bridgehead atoms. The number of rotatable bonds is 1. The van der Waals surface area contributed by atoms with Gasteiger partial charge in [-0.05, 0) is 30.8 Å². The molecule has 1 aromatic carbocycles. The van der Waals surface area contributed by atoms with Crippen molar-refractivity contribution in [3.63, 3.8) is 0 Å². The van der Waals surface area contributed by atoms with Gasteiger partial charge in [-0.15, -0.1) is 0 Å². The number of benzene rings is 1. The number of fused-ring (bicyclic) bond motifs is 1. The van der Waals surface area contributed by atoms with Crippen molar-refractivity contribution in [2.24, 2.45) is 0 Å². The molecule has 1 aromatic rings. The van der Waals surface area contributed by atoms with E-state index < -0.39 is 0 Å². The zero-order valence-electron chi connectivity index (χ0n) is 6.89. The van der Waals surface area contributed by atoms with Gasteiger partial charge in [-0.3, -0.25) is 0 Å². The third-order valence-corrected chi connectivity index (χ3v) is 2.47. The summed E-state index contributed by atoms with van der Waals surface area (Å²) in [4.78, 5) is 0. The number of hydrogen-bond acceptors (Lipinski definition) is 2. The number of halogens is 1. The minimum absolute atomic E-state index is 0.402. The van der Waals surface area contributed by atoms with Crippen LogP contribution in [0.4, 0.5) is 5.69 Å². The molecule has 0 spiro atoms. The molecule has 0 aliphatic carbocycles. The van der Waals surface area contributed by atoms with Gasteiger partial charge < -0.3 is 10.6 Å². The summed E-state index contributed by atoms with van der Waals surface area (Å²) < 4.78 is 0. The summed E-state index contributed by atoms with van der Waals surface area (Å²) >= 11 is 5.89. The molecular formula is C9H11ClN2. The quantitative estimate of drug-likeness (QED) is 0.695. The summed E-state index contributed by atoms with van der Waals surface area (Å²) in [5.41, 5.74) is 2.46. The highest BCUT2D eigenvalue weighted by molar-refractivity contribution is 6.30. The van der Waals surface area contributed by atoms with E-state index in [1.165, 1.54) is 11.3 Å². The molecule has 1 aliphatic heterocycles. The van der Waals surface area contributed by atoms with Crippen LogP contribution in [0.2, 0.25) is 5.02 Å². The second-order valence-corrected chi connectivity index (χ2v) is 3.39. The van der Waals surface area contributed by atoms with E-state index in [4.69, 9.17) is 11.6 Å². The van der Waals surface area contributed by atoms with Gasteiger partial charge in [0.1, 0.15) is 0 Å². The second kappa shape index (κ2) is 2.96. The minimum atomic E-state index is 0.402. The molecule has 2 rings (SSSR count). The van der Waals surface area contributed by atoms with Crippen LogP contribution in [-0.2, 0) is 0 Å². The third-order valence-electron chi connectivity index (χ3n) is 2.23. The van der Waals surface area contributed by atoms with E-state index in [1.54, 1.807) is 0 Å². The highest BCUT2D eigenvalue weighted by atomic mass is 35.5. The van der Waals surface area contributed by atoms with Crippen LogP contribution in [0.5, 0.6) is 0 Å². The lowest BCUT2D eigenvalue weighted by molar-refractivity contribution is 0.648. The summed E-state index contributed by atoms with van der Waals surface area (Å²) in [6, 6.07) is 6.34. The average molecular weight is 183 g/mol. The molecule has 0 saturated heterocycles. The summed E-state index contributed by atoms with van der Waals surface area (Å²) in [7, 11) is 1.96. The smallest absolute Gasteiger partial charge is 0.0514 e. The molecule has 1 atom stereocenters. The first-order valence-electron chi connectivity index (χ1n) is 4.02. The Labute approximate surface area is 76.9 Å². The SMILES string of the molecule is CNC1CNc2ccc(Cl)cc21. The van der Waals surface area contributed by atoms with Gasteiger partial charge in [0.15, 0.2) is 0 Å². The molecule has 2 nitrogen and oxygen atoms in total. The van der Waals surface area contributed by atoms with Gasteiger partial charge in [0.05, 0.1) is 6.04 Å². The molecule has 12 heavy (non-hydrogen) atoms. The van der Waals surface area contributed by atoms with E-state index in [9.17, 15) is 0 Å². The van der Waals surface area contributed by atoms with E-state index >= 15 is 0 Å². The molecule has 0 amide bonds. The van der Waals surface area contributed by atoms with E-state index in [2.05, 4.69) is 10.6 Å². The Bertz CT molecular complexity index is 299. The molecule has 0 saturated carbocycles. The molecule has 0 radical (unpaired) electrons. The van der Waals surface area contributed by atoms with Crippen molar-refractivity contribution in [3.05, 3.63) is 28.8 Å². The maximum absolute atomic E-state index is 5.89. The predicted molar refractivity (Wildman–Crippen MR) is 51.7 cm³/mol. The first kappa shape index (κ1) is 7.90. The largest absolute Gasteiger partial charge is 0.383 e. The van der Waals surface area contributed by atoms with Crippen LogP contribution in [0.1, 0.15) is 11.6 Å². The van der Waals surface area contributed by atoms with Crippen molar-refractivity contribution in [1.29, 1.82) is 0 Å². The lowest BCUT2D eigenvalue weighted by Gasteiger charge is -2.07. The lowest BCUT2D eigenvalue weighted by Crippen LogP contribution is -2.17. The summed E-state index contributed by atoms with van der Waals surface area (Å²) in [6.07, 6.45) is 0. The summed E-state index contributed by atoms with van der Waals surface area (Å²) in [5.74, 6) is 0. The van der Waals surface area contributed by atoms with Gasteiger partial charge in [0.25, 0.3) is 0 Å². The van der Waals surface area contributed by atoms with Crippen molar-refractivity contribution >= 4 is 17.3 Å². The lowest BCUT2D eigenvalue weighted by atomic mass is 10.1. The van der Waals surface area contributed by atoms with Gasteiger partial charge in [-0.25, -0.2) is 0 Å². The van der Waals surface area contributed by atoms with Gasteiger partial charge in [0, 0.05) is 17.3 Å². The number of anilines is 1. The Hall–Kier alpha value is -0.730. The van der Waals surface area contributed by atoms with Crippen molar-refractivity contribution in [2.45, 2.75) is 6.04 Å². The van der Waals surface area contributed by atoms with Gasteiger partial charge in [-0.2, -0.15) is 0 Å². The summed E-state index contributed by atoms with van der Waals surface area (Å²) in [5, 5.41) is 7.34. The Morgan fingerprint density at radius 3 is 3.17 bits per heavy atom. The average Bonchev–Trinajstić information content (AvgIpc) is 2.46. The fraction of sp³-hybridized carbons (Fsp3) is 0.333. The molecular weight excluding hydrogens is 172 g/mol. The third kappa shape index (κ3) is 1.17. The van der Waals surface area contributed by atoms with Crippen LogP contribution >= 0.6 is 11.6 Å². The molecule has 1 unspecified atom stereocenters. The topological polar surface area (TPSA) is 24.1 Å². The molecule has 2 N–H and O–H groups in total. The fourth-order valence-corrected chi connectivity index (χ4v) is 1.74. The second-order valence-electron chi connectivity index (χ2n) is 2.95. The number of nitrogens with one attached hydrogen (secondary N) is 2. The van der Waals surface area contributed by atoms with Crippen LogP contribution < -0.4 is 10.6 Å². The summed E-state index contributed by atoms with van der Waals surface area (Å²) in [6.45, 7) is 0.951. The van der Waals surface area contributed by atoms with Crippen molar-refractivity contribution in [2.75, 3.05) is 18.9 Å². The zero-order chi connectivity index (χ0) is 8.55. The fourth-order valence-electron chi connectivity index (χ4n) is 1.56. The van der Waals surface area contributed by atoms with Crippen molar-refractivity contribution in [3.8, 4) is 0 Å². The number of likely N-dealkylation sites (N-methyl/N-ethyl adjacent to an activating group) is 1. The highest BCUT2D eigenvalue weighted by Crippen LogP contribution is 2.31. The van der Waals surface area contributed by atoms with Crippen LogP contribution in [0, 0.1) is 0 Å². The van der Waals surface area contributed by atoms with Crippen LogP contribution in [0.3, 0.4) is 0 Å². The normalized spacial score (nSPS) is 20.3. The van der Waals surface area contributed by atoms with Crippen LogP contribution in [0.25, 0.3) is 0 Å². The van der Waals surface area contributed by atoms with Crippen LogP contribution in [-0.4, -0.2) is 13.6 Å². The first-order chi connectivity index (χ1) is 5.81. The maximum Gasteiger partial charge on any atom is 0.0514 e. The molecule has 1 heterocycles. The van der Waals surface area contributed by atoms with E-state index in [-0.39, 0.29) is 0 Å². The minimum Gasteiger partial charge on any atom is -0.383 e. The zero-order valence-corrected chi connectivity index (χ0v) is 7.65. The van der Waals surface area contributed by atoms with Crippen LogP contribution in [0.15, 0.2) is 18.2 Å². The maximum atomic E-state index is 5.89. The van der Waals surface area contributed by atoms with Gasteiger partial charge in [0.2, 0.25) is 0 Å². The van der Waals surface area contributed by atoms with Gasteiger partial charge >= 0.3 is 0 Å². The highest BCUT2D eigenvalue weighted by Gasteiger charge is 2.19. The first-order valence-corrected chi connectivity index (χ1v) is 4.39. The monoisotopic (exact) mass is 182 g/mol. The molecule has 64 valence electrons. The van der Waals surface area contributed by atoms with E-state index in [0.717, 1.165) is 11.6 Å². The standard InChI is InChI=1S/C9H11ClN2/c1-11-9-5-12-8-3-2-6(10)4-7(8)9/h2-4,9,11-12H,5H2,1H3.